The number of nitrogens with zero attached hydrogens (tertiary/aromatic N) is 1. The average Bonchev–Trinajstić information content (AvgIpc) is 2.64. The minimum Gasteiger partial charge on any atom is -0.324 e. The van der Waals surface area contributed by atoms with Crippen molar-refractivity contribution in [1.29, 1.82) is 0 Å². The Balaban J connectivity index is 2.11. The van der Waals surface area contributed by atoms with Crippen molar-refractivity contribution in [2.24, 2.45) is 0 Å². The van der Waals surface area contributed by atoms with E-state index in [0.717, 1.165) is 23.4 Å². The number of anilines is 1. The predicted octanol–water partition coefficient (Wildman–Crippen LogP) is 1.53. The molecular weight excluding hydrogens is 226 g/mol. The molecule has 4 nitrogen and oxygen atoms in total. The first-order valence-corrected chi connectivity index (χ1v) is 6.31. The van der Waals surface area contributed by atoms with Crippen LogP contribution in [0.4, 0.5) is 5.69 Å². The number of fused-ring (bicyclic) bond motifs is 1. The molecule has 2 unspecified atom stereocenters. The summed E-state index contributed by atoms with van der Waals surface area (Å²) in [5, 5.41) is 6.30. The lowest BCUT2D eigenvalue weighted by molar-refractivity contribution is -0.117. The number of benzene rings is 1. The number of amides is 1. The number of hydrogen-bond donors (Lipinski definition) is 2. The maximum atomic E-state index is 12.0. The molecule has 2 atom stereocenters. The van der Waals surface area contributed by atoms with Crippen molar-refractivity contribution in [3.63, 3.8) is 0 Å². The smallest absolute Gasteiger partial charge is 0.246 e. The van der Waals surface area contributed by atoms with Gasteiger partial charge in [0.2, 0.25) is 5.91 Å². The molecule has 0 saturated heterocycles. The van der Waals surface area contributed by atoms with Crippen molar-refractivity contribution < 1.29 is 4.79 Å². The molecule has 1 aliphatic heterocycles. The van der Waals surface area contributed by atoms with Crippen molar-refractivity contribution in [3.05, 3.63) is 29.3 Å². The topological polar surface area (TPSA) is 44.4 Å². The van der Waals surface area contributed by atoms with Gasteiger partial charge in [-0.25, -0.2) is 0 Å². The molecule has 1 heterocycles. The summed E-state index contributed by atoms with van der Waals surface area (Å²) in [6, 6.07) is 6.20. The Labute approximate surface area is 108 Å². The summed E-state index contributed by atoms with van der Waals surface area (Å²) in [7, 11) is 4.08. The summed E-state index contributed by atoms with van der Waals surface area (Å²) < 4.78 is 0. The Morgan fingerprint density at radius 3 is 2.83 bits per heavy atom. The van der Waals surface area contributed by atoms with Crippen LogP contribution < -0.4 is 10.6 Å². The van der Waals surface area contributed by atoms with E-state index in [4.69, 9.17) is 0 Å². The van der Waals surface area contributed by atoms with E-state index in [9.17, 15) is 4.79 Å². The molecule has 2 N–H and O–H groups in total. The van der Waals surface area contributed by atoms with Crippen LogP contribution in [0.25, 0.3) is 0 Å². The predicted molar refractivity (Wildman–Crippen MR) is 73.7 cm³/mol. The fourth-order valence-corrected chi connectivity index (χ4v) is 2.11. The van der Waals surface area contributed by atoms with Crippen molar-refractivity contribution in [3.8, 4) is 0 Å². The highest BCUT2D eigenvalue weighted by Crippen LogP contribution is 2.33. The van der Waals surface area contributed by atoms with Gasteiger partial charge in [-0.1, -0.05) is 18.2 Å². The number of aryl methyl sites for hydroxylation is 1. The summed E-state index contributed by atoms with van der Waals surface area (Å²) in [4.78, 5) is 14.1. The summed E-state index contributed by atoms with van der Waals surface area (Å²) >= 11 is 0. The van der Waals surface area contributed by atoms with Crippen LogP contribution in [0.1, 0.15) is 24.1 Å². The molecule has 1 aromatic rings. The van der Waals surface area contributed by atoms with Crippen LogP contribution in [0.2, 0.25) is 0 Å². The lowest BCUT2D eigenvalue weighted by atomic mass is 10.0. The van der Waals surface area contributed by atoms with E-state index in [1.165, 1.54) is 0 Å². The van der Waals surface area contributed by atoms with E-state index in [2.05, 4.69) is 22.5 Å². The quantitative estimate of drug-likeness (QED) is 0.848. The summed E-state index contributed by atoms with van der Waals surface area (Å²) in [6.45, 7) is 4.94. The maximum absolute atomic E-state index is 12.0. The molecule has 2 rings (SSSR count). The molecule has 4 heteroatoms. The normalized spacial score (nSPS) is 19.8. The molecule has 0 aliphatic carbocycles. The standard InChI is InChI=1S/C14H21N3O/c1-9-6-5-7-11-12(9)16-14(18)13(11)15-8-10(2)17(3)4/h5-7,10,13,15H,8H2,1-4H3,(H,16,18). The van der Waals surface area contributed by atoms with Crippen molar-refractivity contribution in [2.45, 2.75) is 25.9 Å². The molecule has 98 valence electrons. The second-order valence-electron chi connectivity index (χ2n) is 5.18. The number of hydrogen-bond acceptors (Lipinski definition) is 3. The lowest BCUT2D eigenvalue weighted by Gasteiger charge is -2.22. The Bertz CT molecular complexity index is 456. The van der Waals surface area contributed by atoms with Gasteiger partial charge in [-0.05, 0) is 33.5 Å². The van der Waals surface area contributed by atoms with Gasteiger partial charge in [0.05, 0.1) is 0 Å². The van der Waals surface area contributed by atoms with Gasteiger partial charge in [0.1, 0.15) is 6.04 Å². The molecule has 0 saturated carbocycles. The van der Waals surface area contributed by atoms with Gasteiger partial charge in [-0.3, -0.25) is 4.79 Å². The lowest BCUT2D eigenvalue weighted by Crippen LogP contribution is -2.38. The van der Waals surface area contributed by atoms with E-state index in [1.807, 2.05) is 39.2 Å². The first-order chi connectivity index (χ1) is 8.50. The number of likely N-dealkylation sites (N-methyl/N-ethyl adjacent to an activating group) is 1. The average molecular weight is 247 g/mol. The number of rotatable bonds is 4. The second-order valence-corrected chi connectivity index (χ2v) is 5.18. The van der Waals surface area contributed by atoms with Gasteiger partial charge < -0.3 is 15.5 Å². The van der Waals surface area contributed by atoms with Crippen molar-refractivity contribution >= 4 is 11.6 Å². The van der Waals surface area contributed by atoms with E-state index in [-0.39, 0.29) is 11.9 Å². The van der Waals surface area contributed by atoms with E-state index >= 15 is 0 Å². The Kier molecular flexibility index (Phi) is 3.68. The van der Waals surface area contributed by atoms with Crippen LogP contribution >= 0.6 is 0 Å². The molecule has 1 aliphatic rings. The third kappa shape index (κ3) is 2.40. The molecule has 1 aromatic carbocycles. The third-order valence-electron chi connectivity index (χ3n) is 3.63. The number of carbonyl (C=O) groups is 1. The SMILES string of the molecule is Cc1cccc2c1NC(=O)C2NCC(C)N(C)C. The second kappa shape index (κ2) is 5.08. The van der Waals surface area contributed by atoms with Gasteiger partial charge in [0.15, 0.2) is 0 Å². The van der Waals surface area contributed by atoms with Gasteiger partial charge >= 0.3 is 0 Å². The van der Waals surface area contributed by atoms with Gasteiger partial charge in [0.25, 0.3) is 0 Å². The minimum atomic E-state index is -0.220. The number of para-hydroxylation sites is 1. The molecule has 0 radical (unpaired) electrons. The highest BCUT2D eigenvalue weighted by molar-refractivity contribution is 6.03. The van der Waals surface area contributed by atoms with Crippen LogP contribution in [0.5, 0.6) is 0 Å². The van der Waals surface area contributed by atoms with E-state index in [0.29, 0.717) is 6.04 Å². The molecule has 0 spiro atoms. The van der Waals surface area contributed by atoms with E-state index in [1.54, 1.807) is 0 Å². The highest BCUT2D eigenvalue weighted by atomic mass is 16.2. The van der Waals surface area contributed by atoms with Crippen LogP contribution in [-0.2, 0) is 4.79 Å². The molecule has 0 fully saturated rings. The Morgan fingerprint density at radius 2 is 2.17 bits per heavy atom. The van der Waals surface area contributed by atoms with Crippen molar-refractivity contribution in [2.75, 3.05) is 26.0 Å². The van der Waals surface area contributed by atoms with Gasteiger partial charge in [0, 0.05) is 23.8 Å². The summed E-state index contributed by atoms with van der Waals surface area (Å²) in [6.07, 6.45) is 0. The molecule has 0 bridgehead atoms. The maximum Gasteiger partial charge on any atom is 0.246 e. The highest BCUT2D eigenvalue weighted by Gasteiger charge is 2.31. The van der Waals surface area contributed by atoms with Crippen LogP contribution in [0.15, 0.2) is 18.2 Å². The Hall–Kier alpha value is -1.39. The summed E-state index contributed by atoms with van der Waals surface area (Å²) in [5.41, 5.74) is 3.15. The fourth-order valence-electron chi connectivity index (χ4n) is 2.11. The van der Waals surface area contributed by atoms with Crippen LogP contribution in [-0.4, -0.2) is 37.5 Å². The largest absolute Gasteiger partial charge is 0.324 e. The van der Waals surface area contributed by atoms with E-state index < -0.39 is 0 Å². The monoisotopic (exact) mass is 247 g/mol. The van der Waals surface area contributed by atoms with Crippen LogP contribution in [0, 0.1) is 6.92 Å². The minimum absolute atomic E-state index is 0.0465. The zero-order chi connectivity index (χ0) is 13.3. The van der Waals surface area contributed by atoms with Crippen LogP contribution in [0.3, 0.4) is 0 Å². The molecule has 18 heavy (non-hydrogen) atoms. The third-order valence-corrected chi connectivity index (χ3v) is 3.63. The molecular formula is C14H21N3O. The fraction of sp³-hybridized carbons (Fsp3) is 0.500. The first-order valence-electron chi connectivity index (χ1n) is 6.31. The van der Waals surface area contributed by atoms with Crippen molar-refractivity contribution in [1.82, 2.24) is 10.2 Å². The zero-order valence-corrected chi connectivity index (χ0v) is 11.4. The number of nitrogens with one attached hydrogen (secondary N) is 2. The number of carbonyl (C=O) groups excluding carboxylic acids is 1. The zero-order valence-electron chi connectivity index (χ0n) is 11.4. The van der Waals surface area contributed by atoms with Gasteiger partial charge in [-0.15, -0.1) is 0 Å². The molecule has 1 amide bonds. The summed E-state index contributed by atoms with van der Waals surface area (Å²) in [5.74, 6) is 0.0465. The Morgan fingerprint density at radius 1 is 1.44 bits per heavy atom. The van der Waals surface area contributed by atoms with Gasteiger partial charge in [-0.2, -0.15) is 0 Å². The molecule has 0 aromatic heterocycles. The first kappa shape index (κ1) is 13.1.